The number of nitrogens with one attached hydrogen (secondary N) is 13. The first-order chi connectivity index (χ1) is 51.7. The van der Waals surface area contributed by atoms with Gasteiger partial charge in [0.2, 0.25) is 76.8 Å². The number of carbonyl (C=O) groups is 13. The second kappa shape index (κ2) is 48.5. The number of aliphatic hydroxyl groups is 1. The maximum Gasteiger partial charge on any atom is 0.243 e. The molecule has 0 saturated carbocycles. The zero-order valence-corrected chi connectivity index (χ0v) is 64.4. The van der Waals surface area contributed by atoms with Crippen LogP contribution in [-0.4, -0.2) is 223 Å². The maximum atomic E-state index is 14.6. The predicted molar refractivity (Wildman–Crippen MR) is 403 cm³/mol. The lowest BCUT2D eigenvalue weighted by Gasteiger charge is -2.28. The number of benzene rings is 2. The minimum Gasteiger partial charge on any atom is -0.390 e. The van der Waals surface area contributed by atoms with Gasteiger partial charge in [-0.3, -0.25) is 62.3 Å². The van der Waals surface area contributed by atoms with Crippen LogP contribution in [0.1, 0.15) is 144 Å². The molecule has 0 aliphatic carbocycles. The summed E-state index contributed by atoms with van der Waals surface area (Å²) in [7, 11) is 0. The van der Waals surface area contributed by atoms with Gasteiger partial charge in [-0.25, -0.2) is 4.98 Å². The zero-order valence-electron chi connectivity index (χ0n) is 64.4. The lowest BCUT2D eigenvalue weighted by molar-refractivity contribution is -0.135. The summed E-state index contributed by atoms with van der Waals surface area (Å²) in [4.78, 5) is 184. The molecule has 0 saturated heterocycles. The van der Waals surface area contributed by atoms with Crippen molar-refractivity contribution in [2.24, 2.45) is 29.2 Å². The summed E-state index contributed by atoms with van der Waals surface area (Å²) in [6.45, 7) is 19.0. The van der Waals surface area contributed by atoms with E-state index in [2.05, 4.69) is 73.4 Å². The summed E-state index contributed by atoms with van der Waals surface area (Å²) in [5.74, 6) is -9.56. The molecule has 0 fully saturated rings. The Kier molecular flexibility index (Phi) is 40.7. The Morgan fingerprint density at radius 3 is 1.69 bits per heavy atom. The molecular formula is C75H116N16O18. The van der Waals surface area contributed by atoms with Crippen molar-refractivity contribution in [3.8, 4) is 0 Å². The van der Waals surface area contributed by atoms with E-state index in [1.807, 2.05) is 48.5 Å². The zero-order chi connectivity index (χ0) is 80.6. The van der Waals surface area contributed by atoms with E-state index in [-0.39, 0.29) is 120 Å². The van der Waals surface area contributed by atoms with E-state index in [0.29, 0.717) is 60.5 Å². The van der Waals surface area contributed by atoms with Crippen molar-refractivity contribution in [2.75, 3.05) is 65.9 Å². The second-order valence-corrected chi connectivity index (χ2v) is 28.9. The van der Waals surface area contributed by atoms with Crippen molar-refractivity contribution in [3.63, 3.8) is 0 Å². The van der Waals surface area contributed by atoms with Gasteiger partial charge in [0.25, 0.3) is 0 Å². The summed E-state index contributed by atoms with van der Waals surface area (Å²) < 4.78 is 22.2. The van der Waals surface area contributed by atoms with Crippen molar-refractivity contribution in [2.45, 2.75) is 206 Å². The molecule has 18 N–H and O–H groups in total. The fourth-order valence-corrected chi connectivity index (χ4v) is 11.3. The molecule has 0 spiro atoms. The predicted octanol–water partition coefficient (Wildman–Crippen LogP) is -0.159. The van der Waals surface area contributed by atoms with Crippen molar-refractivity contribution in [1.29, 1.82) is 0 Å². The Hall–Kier alpha value is -9.90. The Balaban J connectivity index is 1.36. The van der Waals surface area contributed by atoms with E-state index in [4.69, 9.17) is 30.4 Å². The van der Waals surface area contributed by atoms with Crippen LogP contribution in [0.25, 0.3) is 10.9 Å². The standard InChI is InChI=1S/C75H116N16O18/c1-45(2)35-55(60(92)40-65(97)84-56(68(77)99)36-46(3)4)88-73(104)59(39-51-42-78-44-82-51)86-66(98)43-81-74(105)67(47(5)6)90-69(100)48(7)83-71(102)58(38-50-41-80-53-20-15-14-19-52(50)53)89-70(101)54(23-24-61(76)93)87-72(103)57(37-49-17-12-11-13-18-49)85-63(95)25-27-106-29-31-108-33-34-109-32-30-107-28-26-79-62(94)21-16-22-64(96)91-75(8,9)10/h11-15,17-20,41-42,44-48,54-60,67,80,92H,16,21-40,43H2,1-10H3,(H2,76,93)(H2,77,99)(H,78,82)(H,79,94)(H,81,105)(H,83,102)(H,84,97)(H,85,95)(H,86,98)(H,87,103)(H,88,104)(H,89,101)(H,90,100)(H,91,96). The van der Waals surface area contributed by atoms with Crippen molar-refractivity contribution >= 4 is 87.7 Å². The molecule has 0 aliphatic rings. The van der Waals surface area contributed by atoms with Crippen LogP contribution in [0.5, 0.6) is 0 Å². The summed E-state index contributed by atoms with van der Waals surface area (Å²) >= 11 is 0. The average molecular weight is 1530 g/mol. The number of hydrogen-bond acceptors (Lipinski definition) is 19. The number of imidazole rings is 1. The van der Waals surface area contributed by atoms with Crippen molar-refractivity contribution in [3.05, 3.63) is 90.1 Å². The monoisotopic (exact) mass is 1530 g/mol. The number of para-hydroxylation sites is 1. The highest BCUT2D eigenvalue weighted by Crippen LogP contribution is 2.21. The highest BCUT2D eigenvalue weighted by atomic mass is 16.6. The number of aromatic amines is 2. The number of hydrogen-bond donors (Lipinski definition) is 16. The fraction of sp³-hybridized carbons (Fsp3) is 0.600. The Morgan fingerprint density at radius 2 is 1.07 bits per heavy atom. The number of ether oxygens (including phenoxy) is 4. The molecule has 109 heavy (non-hydrogen) atoms. The molecule has 9 atom stereocenters. The quantitative estimate of drug-likeness (QED) is 0.0255. The summed E-state index contributed by atoms with van der Waals surface area (Å²) in [5.41, 5.74) is 13.1. The third kappa shape index (κ3) is 37.2. The minimum atomic E-state index is -1.51. The highest BCUT2D eigenvalue weighted by molar-refractivity contribution is 5.98. The van der Waals surface area contributed by atoms with Gasteiger partial charge < -0.3 is 104 Å². The third-order valence-corrected chi connectivity index (χ3v) is 16.8. The number of aliphatic hydroxyl groups excluding tert-OH is 1. The topological polar surface area (TPSA) is 508 Å². The molecule has 604 valence electrons. The van der Waals surface area contributed by atoms with Crippen molar-refractivity contribution < 1.29 is 86.4 Å². The molecule has 9 unspecified atom stereocenters. The summed E-state index contributed by atoms with van der Waals surface area (Å²) in [5, 5.41) is 41.4. The Labute approximate surface area is 636 Å². The maximum absolute atomic E-state index is 14.6. The number of carbonyl (C=O) groups excluding carboxylic acids is 13. The van der Waals surface area contributed by atoms with Crippen molar-refractivity contribution in [1.82, 2.24) is 73.4 Å². The van der Waals surface area contributed by atoms with Gasteiger partial charge in [0.15, 0.2) is 0 Å². The number of rotatable bonds is 53. The Morgan fingerprint density at radius 1 is 0.514 bits per heavy atom. The molecule has 0 bridgehead atoms. The first-order valence-electron chi connectivity index (χ1n) is 37.1. The molecule has 4 aromatic rings. The van der Waals surface area contributed by atoms with E-state index in [9.17, 15) is 67.4 Å². The van der Waals surface area contributed by atoms with E-state index in [1.165, 1.54) is 19.4 Å². The minimum absolute atomic E-state index is 0.0164. The number of nitrogens with two attached hydrogens (primary N) is 2. The molecule has 2 aromatic carbocycles. The van der Waals surface area contributed by atoms with Gasteiger partial charge in [0.05, 0.1) is 84.3 Å². The molecule has 34 heteroatoms. The van der Waals surface area contributed by atoms with Gasteiger partial charge in [-0.1, -0.05) is 90.1 Å². The number of fused-ring (bicyclic) bond motifs is 1. The van der Waals surface area contributed by atoms with Crippen LogP contribution in [0, 0.1) is 17.8 Å². The van der Waals surface area contributed by atoms with Crippen LogP contribution in [0.3, 0.4) is 0 Å². The first kappa shape index (κ1) is 91.5. The highest BCUT2D eigenvalue weighted by Gasteiger charge is 2.35. The normalized spacial score (nSPS) is 14.0. The van der Waals surface area contributed by atoms with Crippen LogP contribution in [0.4, 0.5) is 0 Å². The molecule has 2 aromatic heterocycles. The molecule has 0 aliphatic heterocycles. The SMILES string of the molecule is CC(C)CC(NC(=O)CC(O)C(CC(C)C)NC(=O)C(Cc1cnc[nH]1)NC(=O)CNC(=O)C(NC(=O)C(C)NC(=O)C(Cc1c[nH]c2ccccc12)NC(=O)C(CCC(N)=O)NC(=O)C(Cc1ccccc1)NC(=O)CCOCCOCCOCCOCCNC(=O)CCCC(=O)NC(C)(C)C)C(C)C)C(N)=O. The Bertz CT molecular complexity index is 3550. The largest absolute Gasteiger partial charge is 0.390 e. The number of aromatic nitrogens is 3. The molecule has 4 rings (SSSR count). The van der Waals surface area contributed by atoms with Gasteiger partial charge in [0, 0.05) is 86.0 Å². The van der Waals surface area contributed by atoms with Gasteiger partial charge in [-0.05, 0) is 88.3 Å². The number of H-pyrrole nitrogens is 2. The smallest absolute Gasteiger partial charge is 0.243 e. The van der Waals surface area contributed by atoms with Gasteiger partial charge in [-0.2, -0.15) is 0 Å². The van der Waals surface area contributed by atoms with E-state index >= 15 is 0 Å². The molecule has 13 amide bonds. The molecule has 2 heterocycles. The molecule has 34 nitrogen and oxygen atoms in total. The van der Waals surface area contributed by atoms with Crippen LogP contribution in [0.15, 0.2) is 73.3 Å². The lowest BCUT2D eigenvalue weighted by atomic mass is 9.96. The van der Waals surface area contributed by atoms with E-state index < -0.39 is 145 Å². The fourth-order valence-electron chi connectivity index (χ4n) is 11.3. The molecule has 0 radical (unpaired) electrons. The van der Waals surface area contributed by atoms with Crippen LogP contribution in [-0.2, 0) is 101 Å². The second-order valence-electron chi connectivity index (χ2n) is 28.9. The average Bonchev–Trinajstić information content (AvgIpc) is 1.72. The van der Waals surface area contributed by atoms with Crippen LogP contribution in [0.2, 0.25) is 0 Å². The van der Waals surface area contributed by atoms with E-state index in [0.717, 1.165) is 0 Å². The lowest BCUT2D eigenvalue weighted by Crippen LogP contribution is -2.60. The number of amides is 13. The van der Waals surface area contributed by atoms with Crippen LogP contribution >= 0.6 is 0 Å². The van der Waals surface area contributed by atoms with Gasteiger partial charge >= 0.3 is 0 Å². The first-order valence-corrected chi connectivity index (χ1v) is 37.1. The van der Waals surface area contributed by atoms with Gasteiger partial charge in [-0.15, -0.1) is 0 Å². The number of nitrogens with zero attached hydrogens (tertiary/aromatic N) is 1. The summed E-state index contributed by atoms with van der Waals surface area (Å²) in [6.07, 6.45) is 2.73. The molecular weight excluding hydrogens is 1410 g/mol. The number of primary amides is 2. The van der Waals surface area contributed by atoms with E-state index in [1.54, 1.807) is 74.6 Å². The van der Waals surface area contributed by atoms with Gasteiger partial charge in [0.1, 0.15) is 42.3 Å². The summed E-state index contributed by atoms with van der Waals surface area (Å²) in [6, 6.07) is 5.69. The third-order valence-electron chi connectivity index (χ3n) is 16.8. The van der Waals surface area contributed by atoms with Crippen LogP contribution < -0.4 is 70.0 Å².